The number of hydrogen-bond acceptors (Lipinski definition) is 4. The van der Waals surface area contributed by atoms with Crippen molar-refractivity contribution in [3.05, 3.63) is 35.8 Å². The van der Waals surface area contributed by atoms with Gasteiger partial charge < -0.3 is 20.8 Å². The third kappa shape index (κ3) is 3.43. The standard InChI is InChI=1S/C15H18FN3O3/c1-8(17)14(20)19-13(15(21)22-2)5-9-7-18-12-6-10(16)3-4-11(9)12/h3-4,6-8,13,18H,5,17H2,1-2H3,(H,19,20)/t8-,13?/m1/s1. The summed E-state index contributed by atoms with van der Waals surface area (Å²) in [5.41, 5.74) is 6.89. The van der Waals surface area contributed by atoms with Gasteiger partial charge in [-0.15, -0.1) is 0 Å². The van der Waals surface area contributed by atoms with E-state index in [1.807, 2.05) is 0 Å². The number of carbonyl (C=O) groups excluding carboxylic acids is 2. The van der Waals surface area contributed by atoms with Crippen LogP contribution in [0, 0.1) is 5.82 Å². The minimum absolute atomic E-state index is 0.219. The number of rotatable bonds is 5. The zero-order chi connectivity index (χ0) is 16.3. The summed E-state index contributed by atoms with van der Waals surface area (Å²) in [6, 6.07) is 2.75. The fourth-order valence-corrected chi connectivity index (χ4v) is 2.19. The molecule has 0 aliphatic heterocycles. The molecular weight excluding hydrogens is 289 g/mol. The number of ether oxygens (including phenoxy) is 1. The Kier molecular flexibility index (Phi) is 4.77. The quantitative estimate of drug-likeness (QED) is 0.714. The summed E-state index contributed by atoms with van der Waals surface area (Å²) in [6.07, 6.45) is 1.90. The third-order valence-corrected chi connectivity index (χ3v) is 3.37. The van der Waals surface area contributed by atoms with Crippen LogP contribution in [0.4, 0.5) is 4.39 Å². The number of aromatic nitrogens is 1. The Morgan fingerprint density at radius 1 is 1.45 bits per heavy atom. The van der Waals surface area contributed by atoms with Crippen molar-refractivity contribution in [2.75, 3.05) is 7.11 Å². The maximum atomic E-state index is 13.2. The first-order valence-electron chi connectivity index (χ1n) is 6.81. The van der Waals surface area contributed by atoms with Crippen LogP contribution < -0.4 is 11.1 Å². The van der Waals surface area contributed by atoms with E-state index in [1.54, 1.807) is 12.3 Å². The molecule has 0 aliphatic rings. The number of nitrogens with one attached hydrogen (secondary N) is 2. The Morgan fingerprint density at radius 3 is 2.82 bits per heavy atom. The second-order valence-electron chi connectivity index (χ2n) is 5.08. The second kappa shape index (κ2) is 6.57. The number of benzene rings is 1. The zero-order valence-electron chi connectivity index (χ0n) is 12.4. The van der Waals surface area contributed by atoms with Gasteiger partial charge in [0.1, 0.15) is 11.9 Å². The number of amides is 1. The van der Waals surface area contributed by atoms with Gasteiger partial charge >= 0.3 is 5.97 Å². The molecule has 0 bridgehead atoms. The lowest BCUT2D eigenvalue weighted by molar-refractivity contribution is -0.145. The fraction of sp³-hybridized carbons (Fsp3) is 0.333. The van der Waals surface area contributed by atoms with Gasteiger partial charge in [0, 0.05) is 23.5 Å². The minimum Gasteiger partial charge on any atom is -0.467 e. The molecule has 2 aromatic rings. The lowest BCUT2D eigenvalue weighted by atomic mass is 10.0. The summed E-state index contributed by atoms with van der Waals surface area (Å²) in [5, 5.41) is 3.34. The number of methoxy groups -OCH3 is 1. The maximum Gasteiger partial charge on any atom is 0.328 e. The van der Waals surface area contributed by atoms with E-state index in [2.05, 4.69) is 10.3 Å². The van der Waals surface area contributed by atoms with Crippen molar-refractivity contribution in [3.63, 3.8) is 0 Å². The van der Waals surface area contributed by atoms with E-state index in [9.17, 15) is 14.0 Å². The Balaban J connectivity index is 2.25. The monoisotopic (exact) mass is 307 g/mol. The van der Waals surface area contributed by atoms with Crippen molar-refractivity contribution in [1.82, 2.24) is 10.3 Å². The SMILES string of the molecule is COC(=O)C(Cc1c[nH]c2cc(F)ccc12)NC(=O)[C@@H](C)N. The molecule has 1 amide bonds. The number of nitrogens with two attached hydrogens (primary N) is 1. The van der Waals surface area contributed by atoms with Gasteiger partial charge in [-0.1, -0.05) is 0 Å². The molecule has 2 atom stereocenters. The predicted octanol–water partition coefficient (Wildman–Crippen LogP) is 0.855. The number of hydrogen-bond donors (Lipinski definition) is 3. The number of H-pyrrole nitrogens is 1. The number of carbonyl (C=O) groups is 2. The summed E-state index contributed by atoms with van der Waals surface area (Å²) in [6.45, 7) is 1.53. The van der Waals surface area contributed by atoms with Gasteiger partial charge in [-0.2, -0.15) is 0 Å². The topological polar surface area (TPSA) is 97.2 Å². The molecule has 1 unspecified atom stereocenters. The van der Waals surface area contributed by atoms with Crippen LogP contribution in [0.1, 0.15) is 12.5 Å². The molecule has 1 aromatic heterocycles. The van der Waals surface area contributed by atoms with Crippen molar-refractivity contribution in [1.29, 1.82) is 0 Å². The van der Waals surface area contributed by atoms with E-state index in [0.29, 0.717) is 5.52 Å². The van der Waals surface area contributed by atoms with Crippen molar-refractivity contribution in [2.45, 2.75) is 25.4 Å². The van der Waals surface area contributed by atoms with Crippen molar-refractivity contribution < 1.29 is 18.7 Å². The average Bonchev–Trinajstić information content (AvgIpc) is 2.87. The van der Waals surface area contributed by atoms with E-state index in [-0.39, 0.29) is 12.2 Å². The Morgan fingerprint density at radius 2 is 2.18 bits per heavy atom. The highest BCUT2D eigenvalue weighted by Crippen LogP contribution is 2.20. The Labute approximate surface area is 126 Å². The lowest BCUT2D eigenvalue weighted by Gasteiger charge is -2.17. The third-order valence-electron chi connectivity index (χ3n) is 3.37. The highest BCUT2D eigenvalue weighted by Gasteiger charge is 2.24. The number of fused-ring (bicyclic) bond motifs is 1. The molecular formula is C15H18FN3O3. The molecule has 0 saturated heterocycles. The molecule has 0 aliphatic carbocycles. The van der Waals surface area contributed by atoms with Crippen LogP contribution in [0.15, 0.2) is 24.4 Å². The Bertz CT molecular complexity index is 696. The van der Waals surface area contributed by atoms with Crippen LogP contribution in [-0.2, 0) is 20.7 Å². The van der Waals surface area contributed by atoms with Crippen molar-refractivity contribution in [2.24, 2.45) is 5.73 Å². The first-order valence-corrected chi connectivity index (χ1v) is 6.81. The van der Waals surface area contributed by atoms with Gasteiger partial charge in [-0.05, 0) is 30.7 Å². The zero-order valence-corrected chi connectivity index (χ0v) is 12.4. The van der Waals surface area contributed by atoms with E-state index < -0.39 is 24.0 Å². The largest absolute Gasteiger partial charge is 0.467 e. The van der Waals surface area contributed by atoms with Gasteiger partial charge in [0.2, 0.25) is 5.91 Å². The van der Waals surface area contributed by atoms with Crippen LogP contribution in [0.3, 0.4) is 0 Å². The summed E-state index contributed by atoms with van der Waals surface area (Å²) in [5.74, 6) is -1.36. The van der Waals surface area contributed by atoms with E-state index >= 15 is 0 Å². The molecule has 2 rings (SSSR count). The fourth-order valence-electron chi connectivity index (χ4n) is 2.19. The first-order chi connectivity index (χ1) is 10.4. The summed E-state index contributed by atoms with van der Waals surface area (Å²) in [4.78, 5) is 26.5. The predicted molar refractivity (Wildman–Crippen MR) is 79.6 cm³/mol. The second-order valence-corrected chi connectivity index (χ2v) is 5.08. The molecule has 6 nitrogen and oxygen atoms in total. The molecule has 4 N–H and O–H groups in total. The van der Waals surface area contributed by atoms with Crippen molar-refractivity contribution >= 4 is 22.8 Å². The van der Waals surface area contributed by atoms with Gasteiger partial charge in [-0.3, -0.25) is 4.79 Å². The van der Waals surface area contributed by atoms with Crippen molar-refractivity contribution in [3.8, 4) is 0 Å². The van der Waals surface area contributed by atoms with Gasteiger partial charge in [-0.25, -0.2) is 9.18 Å². The van der Waals surface area contributed by atoms with Crippen LogP contribution in [-0.4, -0.2) is 36.1 Å². The average molecular weight is 307 g/mol. The highest BCUT2D eigenvalue weighted by atomic mass is 19.1. The maximum absolute atomic E-state index is 13.2. The first kappa shape index (κ1) is 16.0. The van der Waals surface area contributed by atoms with Crippen LogP contribution in [0.25, 0.3) is 10.9 Å². The Hall–Kier alpha value is -2.41. The van der Waals surface area contributed by atoms with Crippen LogP contribution in [0.5, 0.6) is 0 Å². The van der Waals surface area contributed by atoms with Crippen LogP contribution in [0.2, 0.25) is 0 Å². The number of halogens is 1. The molecule has 1 aromatic carbocycles. The minimum atomic E-state index is -0.854. The molecule has 118 valence electrons. The molecule has 0 fully saturated rings. The highest BCUT2D eigenvalue weighted by molar-refractivity contribution is 5.88. The van der Waals surface area contributed by atoms with E-state index in [4.69, 9.17) is 10.5 Å². The summed E-state index contributed by atoms with van der Waals surface area (Å²) < 4.78 is 17.9. The van der Waals surface area contributed by atoms with Gasteiger partial charge in [0.15, 0.2) is 0 Å². The molecule has 0 spiro atoms. The summed E-state index contributed by atoms with van der Waals surface area (Å²) in [7, 11) is 1.25. The lowest BCUT2D eigenvalue weighted by Crippen LogP contribution is -2.48. The molecule has 22 heavy (non-hydrogen) atoms. The molecule has 0 saturated carbocycles. The van der Waals surface area contributed by atoms with Gasteiger partial charge in [0.05, 0.1) is 13.2 Å². The summed E-state index contributed by atoms with van der Waals surface area (Å²) >= 11 is 0. The number of aromatic amines is 1. The van der Waals surface area contributed by atoms with Gasteiger partial charge in [0.25, 0.3) is 0 Å². The van der Waals surface area contributed by atoms with Crippen LogP contribution >= 0.6 is 0 Å². The molecule has 1 heterocycles. The number of esters is 1. The molecule has 7 heteroatoms. The van der Waals surface area contributed by atoms with E-state index in [0.717, 1.165) is 10.9 Å². The van der Waals surface area contributed by atoms with E-state index in [1.165, 1.54) is 26.2 Å². The molecule has 0 radical (unpaired) electrons. The smallest absolute Gasteiger partial charge is 0.328 e. The normalized spacial score (nSPS) is 13.6.